The summed E-state index contributed by atoms with van der Waals surface area (Å²) in [6, 6.07) is 5.63. The number of nitrogens with zero attached hydrogens (tertiary/aromatic N) is 3. The molecule has 0 radical (unpaired) electrons. The Balaban J connectivity index is 0.00000101. The lowest BCUT2D eigenvalue weighted by atomic mass is 9.83. The molecule has 0 aromatic carbocycles. The zero-order valence-electron chi connectivity index (χ0n) is 17.4. The van der Waals surface area contributed by atoms with Gasteiger partial charge in [0.1, 0.15) is 5.69 Å². The SMILES string of the molecule is CCCO[C@@H]1C[C@@H](C(=O)N(C)Cc2cc(-c3ccncc3)no2)CC[C@H]1N.O=CO. The van der Waals surface area contributed by atoms with E-state index < -0.39 is 0 Å². The van der Waals surface area contributed by atoms with Gasteiger partial charge in [-0.2, -0.15) is 0 Å². The predicted octanol–water partition coefficient (Wildman–Crippen LogP) is 2.32. The van der Waals surface area contributed by atoms with Crippen LogP contribution in [0.2, 0.25) is 0 Å². The molecule has 1 aliphatic rings. The van der Waals surface area contributed by atoms with E-state index in [-0.39, 0.29) is 30.4 Å². The quantitative estimate of drug-likeness (QED) is 0.655. The second-order valence-electron chi connectivity index (χ2n) is 7.30. The van der Waals surface area contributed by atoms with Gasteiger partial charge >= 0.3 is 0 Å². The van der Waals surface area contributed by atoms with E-state index in [2.05, 4.69) is 17.1 Å². The summed E-state index contributed by atoms with van der Waals surface area (Å²) in [6.07, 6.45) is 6.64. The van der Waals surface area contributed by atoms with Gasteiger partial charge in [0, 0.05) is 49.6 Å². The van der Waals surface area contributed by atoms with Gasteiger partial charge < -0.3 is 25.0 Å². The molecule has 1 aliphatic carbocycles. The van der Waals surface area contributed by atoms with Crippen LogP contribution in [0.4, 0.5) is 0 Å². The lowest BCUT2D eigenvalue weighted by Crippen LogP contribution is -2.46. The number of pyridine rings is 1. The first-order valence-corrected chi connectivity index (χ1v) is 10.1. The monoisotopic (exact) mass is 418 g/mol. The second-order valence-corrected chi connectivity index (χ2v) is 7.30. The van der Waals surface area contributed by atoms with E-state index in [9.17, 15) is 4.79 Å². The number of ether oxygens (including phenoxy) is 1. The lowest BCUT2D eigenvalue weighted by Gasteiger charge is -2.34. The van der Waals surface area contributed by atoms with Crippen molar-refractivity contribution in [1.29, 1.82) is 0 Å². The van der Waals surface area contributed by atoms with Crippen molar-refractivity contribution in [3.05, 3.63) is 36.4 Å². The molecule has 3 N–H and O–H groups in total. The van der Waals surface area contributed by atoms with Gasteiger partial charge in [-0.3, -0.25) is 14.6 Å². The van der Waals surface area contributed by atoms with Gasteiger partial charge in [0.05, 0.1) is 12.6 Å². The highest BCUT2D eigenvalue weighted by Gasteiger charge is 2.34. The van der Waals surface area contributed by atoms with Gasteiger partial charge in [-0.1, -0.05) is 12.1 Å². The Morgan fingerprint density at radius 3 is 2.77 bits per heavy atom. The number of carbonyl (C=O) groups is 2. The highest BCUT2D eigenvalue weighted by Crippen LogP contribution is 2.28. The number of amides is 1. The molecule has 3 atom stereocenters. The van der Waals surface area contributed by atoms with Crippen LogP contribution in [0.25, 0.3) is 11.3 Å². The van der Waals surface area contributed by atoms with Crippen molar-refractivity contribution in [2.24, 2.45) is 11.7 Å². The van der Waals surface area contributed by atoms with Gasteiger partial charge in [0.2, 0.25) is 5.91 Å². The molecular formula is C21H30N4O5. The summed E-state index contributed by atoms with van der Waals surface area (Å²) in [5, 5.41) is 11.0. The molecule has 9 heteroatoms. The van der Waals surface area contributed by atoms with Crippen molar-refractivity contribution >= 4 is 12.4 Å². The van der Waals surface area contributed by atoms with Crippen LogP contribution in [0.3, 0.4) is 0 Å². The van der Waals surface area contributed by atoms with Crippen LogP contribution in [0.1, 0.15) is 38.4 Å². The predicted molar refractivity (Wildman–Crippen MR) is 110 cm³/mol. The molecule has 164 valence electrons. The van der Waals surface area contributed by atoms with Gasteiger partial charge in [0.25, 0.3) is 6.47 Å². The molecular weight excluding hydrogens is 388 g/mol. The zero-order chi connectivity index (χ0) is 21.9. The average molecular weight is 418 g/mol. The Bertz CT molecular complexity index is 783. The van der Waals surface area contributed by atoms with Gasteiger partial charge in [-0.25, -0.2) is 0 Å². The highest BCUT2D eigenvalue weighted by molar-refractivity contribution is 5.78. The first kappa shape index (κ1) is 23.5. The first-order chi connectivity index (χ1) is 14.5. The van der Waals surface area contributed by atoms with Gasteiger partial charge in [-0.05, 0) is 37.8 Å². The van der Waals surface area contributed by atoms with Crippen LogP contribution < -0.4 is 5.73 Å². The molecule has 1 saturated carbocycles. The van der Waals surface area contributed by atoms with Gasteiger partial charge in [-0.15, -0.1) is 0 Å². The lowest BCUT2D eigenvalue weighted by molar-refractivity contribution is -0.138. The summed E-state index contributed by atoms with van der Waals surface area (Å²) >= 11 is 0. The largest absolute Gasteiger partial charge is 0.483 e. The first-order valence-electron chi connectivity index (χ1n) is 10.1. The molecule has 2 aromatic rings. The molecule has 2 aromatic heterocycles. The molecule has 0 unspecified atom stereocenters. The fraction of sp³-hybridized carbons (Fsp3) is 0.524. The second kappa shape index (κ2) is 12.0. The summed E-state index contributed by atoms with van der Waals surface area (Å²) in [5.41, 5.74) is 7.84. The van der Waals surface area contributed by atoms with Crippen LogP contribution >= 0.6 is 0 Å². The topological polar surface area (TPSA) is 132 Å². The van der Waals surface area contributed by atoms with E-state index in [0.717, 1.165) is 30.5 Å². The maximum Gasteiger partial charge on any atom is 0.290 e. The summed E-state index contributed by atoms with van der Waals surface area (Å²) in [5.74, 6) is 0.706. The van der Waals surface area contributed by atoms with E-state index in [1.807, 2.05) is 18.2 Å². The minimum absolute atomic E-state index is 0.0168. The Labute approximate surface area is 176 Å². The third kappa shape index (κ3) is 6.64. The molecule has 3 rings (SSSR count). The van der Waals surface area contributed by atoms with E-state index in [4.69, 9.17) is 24.9 Å². The summed E-state index contributed by atoms with van der Waals surface area (Å²) in [4.78, 5) is 26.9. The maximum atomic E-state index is 12.9. The Morgan fingerprint density at radius 2 is 2.10 bits per heavy atom. The number of hydrogen-bond donors (Lipinski definition) is 2. The van der Waals surface area contributed by atoms with Crippen molar-refractivity contribution in [3.63, 3.8) is 0 Å². The molecule has 0 aliphatic heterocycles. The normalized spacial score (nSPS) is 20.7. The van der Waals surface area contributed by atoms with Crippen molar-refractivity contribution in [1.82, 2.24) is 15.0 Å². The number of nitrogens with two attached hydrogens (primary N) is 1. The number of aromatic nitrogens is 2. The standard InChI is InChI=1S/C20H28N4O3.CH2O2/c1-3-10-26-19-11-15(4-5-17(19)21)20(25)24(2)13-16-12-18(23-27-16)14-6-8-22-9-7-14;2-1-3/h6-9,12,15,17,19H,3-5,10-11,13,21H2,1-2H3;1H,(H,2,3)/t15-,17+,19+;/m0./s1. The Kier molecular flexibility index (Phi) is 9.43. The van der Waals surface area contributed by atoms with Crippen molar-refractivity contribution in [2.75, 3.05) is 13.7 Å². The number of carboxylic acid groups (broad SMARTS) is 1. The smallest absolute Gasteiger partial charge is 0.290 e. The van der Waals surface area contributed by atoms with Gasteiger partial charge in [0.15, 0.2) is 5.76 Å². The molecule has 1 fully saturated rings. The van der Waals surface area contributed by atoms with Crippen LogP contribution in [-0.2, 0) is 20.9 Å². The molecule has 0 spiro atoms. The molecule has 2 heterocycles. The van der Waals surface area contributed by atoms with Crippen LogP contribution in [0.5, 0.6) is 0 Å². The summed E-state index contributed by atoms with van der Waals surface area (Å²) in [6.45, 7) is 2.90. The van der Waals surface area contributed by atoms with Crippen molar-refractivity contribution in [3.8, 4) is 11.3 Å². The van der Waals surface area contributed by atoms with E-state index >= 15 is 0 Å². The van der Waals surface area contributed by atoms with E-state index in [1.165, 1.54) is 0 Å². The third-order valence-electron chi connectivity index (χ3n) is 5.03. The minimum Gasteiger partial charge on any atom is -0.483 e. The van der Waals surface area contributed by atoms with Crippen LogP contribution in [-0.4, -0.2) is 58.3 Å². The Hall–Kier alpha value is -2.78. The van der Waals surface area contributed by atoms with E-state index in [0.29, 0.717) is 25.3 Å². The number of hydrogen-bond acceptors (Lipinski definition) is 7. The molecule has 0 bridgehead atoms. The molecule has 30 heavy (non-hydrogen) atoms. The molecule has 9 nitrogen and oxygen atoms in total. The van der Waals surface area contributed by atoms with Crippen molar-refractivity contribution < 1.29 is 24.0 Å². The van der Waals surface area contributed by atoms with Crippen LogP contribution in [0, 0.1) is 5.92 Å². The number of rotatable bonds is 7. The molecule has 1 amide bonds. The Morgan fingerprint density at radius 1 is 1.40 bits per heavy atom. The fourth-order valence-electron chi connectivity index (χ4n) is 3.51. The fourth-order valence-corrected chi connectivity index (χ4v) is 3.51. The highest BCUT2D eigenvalue weighted by atomic mass is 16.5. The number of carbonyl (C=O) groups excluding carboxylic acids is 1. The average Bonchev–Trinajstić information content (AvgIpc) is 3.22. The molecule has 0 saturated heterocycles. The van der Waals surface area contributed by atoms with E-state index in [1.54, 1.807) is 24.3 Å². The minimum atomic E-state index is -0.250. The third-order valence-corrected chi connectivity index (χ3v) is 5.03. The zero-order valence-corrected chi connectivity index (χ0v) is 17.4. The van der Waals surface area contributed by atoms with Crippen LogP contribution in [0.15, 0.2) is 35.1 Å². The van der Waals surface area contributed by atoms with Crippen molar-refractivity contribution in [2.45, 2.75) is 51.3 Å². The summed E-state index contributed by atoms with van der Waals surface area (Å²) in [7, 11) is 1.80. The summed E-state index contributed by atoms with van der Waals surface area (Å²) < 4.78 is 11.3. The maximum absolute atomic E-state index is 12.9.